The summed E-state index contributed by atoms with van der Waals surface area (Å²) in [7, 11) is 0. The largest absolute Gasteiger partial charge is 0.478 e. The quantitative estimate of drug-likeness (QED) is 0.190. The van der Waals surface area contributed by atoms with Crippen LogP contribution in [0.4, 0.5) is 5.69 Å². The second kappa shape index (κ2) is 12.4. The number of benzene rings is 1. The van der Waals surface area contributed by atoms with Crippen LogP contribution in [0.3, 0.4) is 0 Å². The number of unbranched alkanes of at least 4 members (excludes halogenated alkanes) is 5. The predicted octanol–water partition coefficient (Wildman–Crippen LogP) is 6.08. The molecule has 0 saturated carbocycles. The van der Waals surface area contributed by atoms with Gasteiger partial charge in [-0.2, -0.15) is 0 Å². The van der Waals surface area contributed by atoms with Crippen molar-refractivity contribution in [2.75, 3.05) is 13.2 Å². The van der Waals surface area contributed by atoms with E-state index >= 15 is 0 Å². The molecule has 0 radical (unpaired) electrons. The van der Waals surface area contributed by atoms with E-state index in [2.05, 4.69) is 9.83 Å². The maximum atomic E-state index is 12.4. The molecule has 33 heavy (non-hydrogen) atoms. The zero-order valence-electron chi connectivity index (χ0n) is 18.8. The van der Waals surface area contributed by atoms with Crippen molar-refractivity contribution in [1.29, 1.82) is 0 Å². The monoisotopic (exact) mass is 448 g/mol. The molecule has 0 fully saturated rings. The Bertz CT molecular complexity index is 1180. The molecule has 7 heteroatoms. The van der Waals surface area contributed by atoms with Gasteiger partial charge in [0.25, 0.3) is 0 Å². The summed E-state index contributed by atoms with van der Waals surface area (Å²) in [6.07, 6.45) is 8.04. The molecule has 0 bridgehead atoms. The maximum absolute atomic E-state index is 12.4. The Morgan fingerprint density at radius 3 is 2.52 bits per heavy atom. The Hall–Kier alpha value is -3.66. The first-order chi connectivity index (χ1) is 16.1. The van der Waals surface area contributed by atoms with E-state index in [9.17, 15) is 9.59 Å². The van der Waals surface area contributed by atoms with Gasteiger partial charge in [-0.15, -0.1) is 0 Å². The van der Waals surface area contributed by atoms with E-state index in [1.807, 2.05) is 0 Å². The lowest BCUT2D eigenvalue weighted by Crippen LogP contribution is -2.04. The standard InChI is InChI=1S/C26H28N2O5/c1-3-25(29)32-15-11-7-5-4-6-10-14-31-24-17-19-16-21(26(30)33-23(19)18-28-24)20-12-8-9-13-22(20)27-2/h8-9,12-13,16-18H,3-7,10-11,14-15H2,1H3. The molecular formula is C26H28N2O5. The molecule has 3 aromatic rings. The molecule has 2 aromatic heterocycles. The number of nitrogens with zero attached hydrogens (tertiary/aromatic N) is 2. The van der Waals surface area contributed by atoms with Gasteiger partial charge < -0.3 is 13.9 Å². The third kappa shape index (κ3) is 6.91. The second-order valence-corrected chi connectivity index (χ2v) is 7.68. The van der Waals surface area contributed by atoms with E-state index in [0.717, 1.165) is 38.5 Å². The van der Waals surface area contributed by atoms with Crippen molar-refractivity contribution in [1.82, 2.24) is 4.98 Å². The number of hydrogen-bond acceptors (Lipinski definition) is 6. The lowest BCUT2D eigenvalue weighted by Gasteiger charge is -2.08. The fraction of sp³-hybridized carbons (Fsp3) is 0.385. The smallest absolute Gasteiger partial charge is 0.342 e. The fourth-order valence-corrected chi connectivity index (χ4v) is 3.45. The average molecular weight is 449 g/mol. The van der Waals surface area contributed by atoms with Crippen LogP contribution in [-0.2, 0) is 9.53 Å². The van der Waals surface area contributed by atoms with Crippen LogP contribution in [0.2, 0.25) is 0 Å². The number of rotatable bonds is 12. The van der Waals surface area contributed by atoms with Crippen LogP contribution < -0.4 is 10.4 Å². The summed E-state index contributed by atoms with van der Waals surface area (Å²) in [6, 6.07) is 10.4. The van der Waals surface area contributed by atoms with Crippen molar-refractivity contribution >= 4 is 22.6 Å². The minimum Gasteiger partial charge on any atom is -0.478 e. The molecule has 0 aliphatic rings. The van der Waals surface area contributed by atoms with Crippen molar-refractivity contribution in [3.8, 4) is 17.0 Å². The minimum atomic E-state index is -0.502. The van der Waals surface area contributed by atoms with E-state index in [0.29, 0.717) is 53.3 Å². The summed E-state index contributed by atoms with van der Waals surface area (Å²) < 4.78 is 16.3. The summed E-state index contributed by atoms with van der Waals surface area (Å²) in [6.45, 7) is 10.2. The molecule has 3 rings (SSSR count). The second-order valence-electron chi connectivity index (χ2n) is 7.68. The summed E-state index contributed by atoms with van der Waals surface area (Å²) in [5.74, 6) is 0.333. The number of ether oxygens (including phenoxy) is 2. The van der Waals surface area contributed by atoms with Crippen LogP contribution in [0.25, 0.3) is 26.9 Å². The molecule has 2 heterocycles. The Labute approximate surface area is 193 Å². The number of carbonyl (C=O) groups excluding carboxylic acids is 1. The maximum Gasteiger partial charge on any atom is 0.342 e. The Balaban J connectivity index is 1.49. The molecule has 0 atom stereocenters. The molecule has 0 saturated heterocycles. The summed E-state index contributed by atoms with van der Waals surface area (Å²) in [5.41, 5.74) is 1.16. The first-order valence-corrected chi connectivity index (χ1v) is 11.3. The molecule has 0 unspecified atom stereocenters. The number of esters is 1. The fourth-order valence-electron chi connectivity index (χ4n) is 3.45. The van der Waals surface area contributed by atoms with Crippen molar-refractivity contribution < 1.29 is 18.7 Å². The molecule has 7 nitrogen and oxygen atoms in total. The van der Waals surface area contributed by atoms with Gasteiger partial charge in [0.05, 0.1) is 31.5 Å². The highest BCUT2D eigenvalue weighted by Crippen LogP contribution is 2.30. The van der Waals surface area contributed by atoms with Gasteiger partial charge in [0, 0.05) is 17.9 Å². The van der Waals surface area contributed by atoms with E-state index < -0.39 is 5.63 Å². The number of hydrogen-bond donors (Lipinski definition) is 0. The summed E-state index contributed by atoms with van der Waals surface area (Å²) in [4.78, 5) is 31.2. The normalized spacial score (nSPS) is 10.7. The Kier molecular flexibility index (Phi) is 9.01. The third-order valence-electron chi connectivity index (χ3n) is 5.25. The van der Waals surface area contributed by atoms with Crippen LogP contribution >= 0.6 is 0 Å². The average Bonchev–Trinajstić information content (AvgIpc) is 2.84. The molecule has 0 N–H and O–H groups in total. The van der Waals surface area contributed by atoms with Gasteiger partial charge in [0.2, 0.25) is 5.88 Å². The van der Waals surface area contributed by atoms with Crippen molar-refractivity contribution in [3.63, 3.8) is 0 Å². The Morgan fingerprint density at radius 2 is 1.76 bits per heavy atom. The molecular weight excluding hydrogens is 420 g/mol. The highest BCUT2D eigenvalue weighted by molar-refractivity contribution is 5.85. The summed E-state index contributed by atoms with van der Waals surface area (Å²) >= 11 is 0. The van der Waals surface area contributed by atoms with Crippen LogP contribution in [0.5, 0.6) is 5.88 Å². The minimum absolute atomic E-state index is 0.138. The summed E-state index contributed by atoms with van der Waals surface area (Å²) in [5, 5.41) is 0.693. The van der Waals surface area contributed by atoms with Crippen molar-refractivity contribution in [2.24, 2.45) is 0 Å². The number of fused-ring (bicyclic) bond motifs is 1. The topological polar surface area (TPSA) is 83.0 Å². The predicted molar refractivity (Wildman–Crippen MR) is 126 cm³/mol. The number of carbonyl (C=O) groups is 1. The SMILES string of the molecule is [C-]#[N+]c1ccccc1-c1cc2cc(OCCCCCCCCOC(=O)CC)ncc2oc1=O. The molecule has 172 valence electrons. The highest BCUT2D eigenvalue weighted by Gasteiger charge is 2.12. The zero-order valence-corrected chi connectivity index (χ0v) is 18.8. The Morgan fingerprint density at radius 1 is 1.03 bits per heavy atom. The van der Waals surface area contributed by atoms with Crippen LogP contribution in [0, 0.1) is 6.57 Å². The van der Waals surface area contributed by atoms with Gasteiger partial charge in [0.1, 0.15) is 0 Å². The van der Waals surface area contributed by atoms with E-state index in [4.69, 9.17) is 20.5 Å². The number of para-hydroxylation sites is 1. The van der Waals surface area contributed by atoms with Gasteiger partial charge in [-0.1, -0.05) is 56.9 Å². The number of pyridine rings is 1. The van der Waals surface area contributed by atoms with E-state index in [1.54, 1.807) is 43.3 Å². The van der Waals surface area contributed by atoms with Crippen LogP contribution in [-0.4, -0.2) is 24.2 Å². The lowest BCUT2D eigenvalue weighted by atomic mass is 10.0. The van der Waals surface area contributed by atoms with E-state index in [-0.39, 0.29) is 5.97 Å². The third-order valence-corrected chi connectivity index (χ3v) is 5.25. The first kappa shape index (κ1) is 24.0. The molecule has 0 aliphatic heterocycles. The van der Waals surface area contributed by atoms with Gasteiger partial charge in [-0.25, -0.2) is 14.6 Å². The van der Waals surface area contributed by atoms with E-state index in [1.165, 1.54) is 6.20 Å². The molecule has 0 spiro atoms. The molecule has 1 aromatic carbocycles. The highest BCUT2D eigenvalue weighted by atomic mass is 16.5. The van der Waals surface area contributed by atoms with Crippen molar-refractivity contribution in [2.45, 2.75) is 51.9 Å². The van der Waals surface area contributed by atoms with Crippen molar-refractivity contribution in [3.05, 3.63) is 64.4 Å². The molecule has 0 amide bonds. The molecule has 0 aliphatic carbocycles. The van der Waals surface area contributed by atoms with Gasteiger partial charge in [0.15, 0.2) is 11.3 Å². The van der Waals surface area contributed by atoms with Crippen LogP contribution in [0.1, 0.15) is 51.9 Å². The lowest BCUT2D eigenvalue weighted by molar-refractivity contribution is -0.143. The van der Waals surface area contributed by atoms with Gasteiger partial charge >= 0.3 is 11.6 Å². The van der Waals surface area contributed by atoms with Crippen LogP contribution in [0.15, 0.2) is 51.8 Å². The number of aromatic nitrogens is 1. The van der Waals surface area contributed by atoms with Gasteiger partial charge in [-0.3, -0.25) is 4.79 Å². The van der Waals surface area contributed by atoms with Gasteiger partial charge in [-0.05, 0) is 24.5 Å². The zero-order chi connectivity index (χ0) is 23.5. The first-order valence-electron chi connectivity index (χ1n) is 11.3.